The Morgan fingerprint density at radius 3 is 1.41 bits per heavy atom. The first kappa shape index (κ1) is 68.1. The second-order valence-electron chi connectivity index (χ2n) is 21.9. The first-order valence-electron chi connectivity index (χ1n) is 29.0. The van der Waals surface area contributed by atoms with E-state index in [4.69, 9.17) is 9.47 Å². The smallest absolute Gasteiger partial charge is 1.00 e. The monoisotopic (exact) mass is 1270 g/mol. The van der Waals surface area contributed by atoms with E-state index in [2.05, 4.69) is 151 Å². The van der Waals surface area contributed by atoms with E-state index in [0.29, 0.717) is 17.2 Å². The fourth-order valence-electron chi connectivity index (χ4n) is 12.2. The number of carbonyl (C=O) groups is 3. The van der Waals surface area contributed by atoms with E-state index >= 15 is 0 Å². The van der Waals surface area contributed by atoms with Crippen LogP contribution in [0.25, 0.3) is 32.7 Å². The van der Waals surface area contributed by atoms with Crippen LogP contribution in [0.2, 0.25) is 0 Å². The molecule has 1 amide bonds. The topological polar surface area (TPSA) is 117 Å². The summed E-state index contributed by atoms with van der Waals surface area (Å²) in [5, 5.41) is 7.23. The van der Waals surface area contributed by atoms with Crippen LogP contribution in [0.1, 0.15) is 119 Å². The molecule has 0 saturated carbocycles. The van der Waals surface area contributed by atoms with Gasteiger partial charge in [-0.3, -0.25) is 14.6 Å². The number of halogens is 1. The van der Waals surface area contributed by atoms with Crippen molar-refractivity contribution >= 4 is 73.1 Å². The van der Waals surface area contributed by atoms with Crippen molar-refractivity contribution in [2.24, 2.45) is 14.1 Å². The number of methoxy groups -OCH3 is 2. The van der Waals surface area contributed by atoms with Crippen molar-refractivity contribution in [3.63, 3.8) is 0 Å². The van der Waals surface area contributed by atoms with Gasteiger partial charge in [-0.2, -0.15) is 0 Å². The number of nitrogens with zero attached hydrogens (tertiary/aromatic N) is 5. The number of fused-ring (bicyclic) bond motifs is 3. The second-order valence-corrected chi connectivity index (χ2v) is 21.9. The molecular weight excluding hydrogens is 1180 g/mol. The maximum absolute atomic E-state index is 13.0. The van der Waals surface area contributed by atoms with Crippen LogP contribution >= 0.6 is 22.6 Å². The van der Waals surface area contributed by atoms with Gasteiger partial charge in [-0.25, -0.2) is 9.59 Å². The van der Waals surface area contributed by atoms with E-state index in [1.165, 1.54) is 146 Å². The summed E-state index contributed by atoms with van der Waals surface area (Å²) >= 11 is 2.15. The van der Waals surface area contributed by atoms with Crippen molar-refractivity contribution in [1.29, 1.82) is 0 Å². The summed E-state index contributed by atoms with van der Waals surface area (Å²) in [5.74, 6) is -0.418. The van der Waals surface area contributed by atoms with Gasteiger partial charge in [0.05, 0.1) is 25.3 Å². The number of nitrogens with one attached hydrogen (secondary N) is 2. The molecule has 85 heavy (non-hydrogen) atoms. The molecule has 0 unspecified atom stereocenters. The third-order valence-corrected chi connectivity index (χ3v) is 16.6. The summed E-state index contributed by atoms with van der Waals surface area (Å²) in [4.78, 5) is 48.3. The molecule has 12 nitrogen and oxygen atoms in total. The Morgan fingerprint density at radius 2 is 0.953 bits per heavy atom. The summed E-state index contributed by atoms with van der Waals surface area (Å²) in [6, 6.07) is 50.0. The number of hydrogen-bond acceptors (Lipinski definition) is 8. The Kier molecular flexibility index (Phi) is 27.0. The Labute approximate surface area is 542 Å². The first-order valence-corrected chi connectivity index (χ1v) is 31.2. The summed E-state index contributed by atoms with van der Waals surface area (Å²) in [5.41, 5.74) is 13.1. The summed E-state index contributed by atoms with van der Waals surface area (Å²) in [6.07, 6.45) is 17.0. The van der Waals surface area contributed by atoms with Crippen LogP contribution in [0, 0.1) is 0 Å². The van der Waals surface area contributed by atoms with Crippen molar-refractivity contribution in [3.8, 4) is 0 Å². The maximum atomic E-state index is 13.0. The summed E-state index contributed by atoms with van der Waals surface area (Å²) in [6.45, 7) is 9.36. The molecule has 0 bridgehead atoms. The van der Waals surface area contributed by atoms with Crippen LogP contribution in [0.5, 0.6) is 0 Å². The van der Waals surface area contributed by atoms with Gasteiger partial charge in [-0.15, -0.1) is 0 Å². The predicted molar refractivity (Wildman–Crippen MR) is 356 cm³/mol. The summed E-state index contributed by atoms with van der Waals surface area (Å²) in [7, 11) is 6.94. The minimum absolute atomic E-state index is 0. The van der Waals surface area contributed by atoms with E-state index < -0.39 is 0 Å². The number of hydrogen-bond donors (Lipinski definition) is 2. The molecule has 0 aliphatic carbocycles. The van der Waals surface area contributed by atoms with E-state index in [9.17, 15) is 14.4 Å². The molecule has 3 aromatic heterocycles. The molecular formula is C71H89IN7NaO5. The number of esters is 2. The van der Waals surface area contributed by atoms with Crippen molar-refractivity contribution in [1.82, 2.24) is 34.1 Å². The minimum Gasteiger partial charge on any atom is -1.00 e. The van der Waals surface area contributed by atoms with Crippen LogP contribution in [-0.2, 0) is 42.8 Å². The molecule has 9 aromatic rings. The molecule has 4 aliphatic heterocycles. The van der Waals surface area contributed by atoms with Crippen LogP contribution in [0.3, 0.4) is 0 Å². The molecule has 14 heteroatoms. The molecule has 0 radical (unpaired) electrons. The molecule has 7 heterocycles. The van der Waals surface area contributed by atoms with Crippen molar-refractivity contribution < 1.29 is 54.8 Å². The number of amides is 1. The minimum atomic E-state index is -0.302. The van der Waals surface area contributed by atoms with Gasteiger partial charge in [-0.05, 0) is 183 Å². The SMILES string of the molecule is C.C.C1CCN([C@H]2CCNC2)C1.CI.COC(=O)c1ccc(Cc2c[nH]c3ccccc23)cc1.COC(=O)c1ccc(Cc2cn(C)c3ccccc23)cc1.Cn1cc(Cc2ccc(C(=O)N3CC[C@H](N4CCCC4)C3)cc2)c2ccccc21.[H-].[Na+]. The van der Waals surface area contributed by atoms with E-state index in [0.717, 1.165) is 55.9 Å². The Bertz CT molecular complexity index is 3500. The molecule has 4 fully saturated rings. The summed E-state index contributed by atoms with van der Waals surface area (Å²) < 4.78 is 13.7. The molecule has 6 aromatic carbocycles. The first-order chi connectivity index (χ1) is 40.1. The Balaban J connectivity index is 0.000000213. The third-order valence-electron chi connectivity index (χ3n) is 16.6. The zero-order chi connectivity index (χ0) is 57.4. The fraction of sp³-hybridized carbons (Fsp3) is 0.366. The van der Waals surface area contributed by atoms with Crippen molar-refractivity contribution in [3.05, 3.63) is 214 Å². The molecule has 0 spiro atoms. The molecule has 4 saturated heterocycles. The van der Waals surface area contributed by atoms with E-state index in [1.54, 1.807) is 12.1 Å². The molecule has 4 aliphatic rings. The Hall–Kier alpha value is -6.04. The zero-order valence-corrected chi connectivity index (χ0v) is 53.6. The number of alkyl halides is 1. The average molecular weight is 1270 g/mol. The van der Waals surface area contributed by atoms with Crippen LogP contribution in [0.15, 0.2) is 164 Å². The number of aryl methyl sites for hydroxylation is 2. The maximum Gasteiger partial charge on any atom is 1.00 e. The van der Waals surface area contributed by atoms with Crippen molar-refractivity contribution in [2.45, 2.75) is 84.7 Å². The van der Waals surface area contributed by atoms with Crippen molar-refractivity contribution in [2.75, 3.05) is 71.5 Å². The van der Waals surface area contributed by atoms with E-state index in [1.807, 2.05) is 76.7 Å². The molecule has 2 atom stereocenters. The van der Waals surface area contributed by atoms with Gasteiger partial charge in [0, 0.05) is 103 Å². The van der Waals surface area contributed by atoms with Gasteiger partial charge in [0.2, 0.25) is 0 Å². The standard InChI is InChI=1S/C25H29N3O.C18H17NO2.C17H15NO2.C8H16N2.CH3I.2CH4.Na.H/c1-26-17-21(23-6-2-3-7-24(23)26)16-19-8-10-20(11-9-19)25(29)28-15-12-22(18-28)27-13-4-5-14-27;1-19-12-15(16-5-3-4-6-17(16)19)11-13-7-9-14(10-8-13)18(20)21-2;1-20-17(19)13-8-6-12(7-9-13)10-14-11-18-16-5-3-2-4-15(14)16;1-2-6-10(5-1)8-3-4-9-7-8;1-2;;;;/h2-3,6-11,17,22H,4-5,12-16,18H2,1H3;3-10,12H,11H2,1-2H3;2-9,11,18H,10H2,1H3;8-9H,1-7H2;1H3;2*1H4;;/q;;;;;;;+1;-1/t22-;;;8-;;;;;/m0..0...../s1. The number of carbonyl (C=O) groups excluding carboxylic acids is 3. The van der Waals surface area contributed by atoms with Gasteiger partial charge in [0.15, 0.2) is 0 Å². The van der Waals surface area contributed by atoms with Crippen LogP contribution in [0.4, 0.5) is 0 Å². The average Bonchev–Trinajstić information content (AvgIpc) is 2.84. The molecule has 13 rings (SSSR count). The number of ether oxygens (including phenoxy) is 2. The third kappa shape index (κ3) is 17.6. The van der Waals surface area contributed by atoms with Gasteiger partial charge in [0.1, 0.15) is 0 Å². The van der Waals surface area contributed by atoms with Gasteiger partial charge in [0.25, 0.3) is 5.91 Å². The quantitative estimate of drug-likeness (QED) is 0.0569. The largest absolute Gasteiger partial charge is 1.00 e. The number of H-pyrrole nitrogens is 1. The number of likely N-dealkylation sites (tertiary alicyclic amines) is 3. The van der Waals surface area contributed by atoms with Crippen LogP contribution in [-0.4, -0.2) is 130 Å². The number of para-hydroxylation sites is 3. The Morgan fingerprint density at radius 1 is 0.529 bits per heavy atom. The van der Waals surface area contributed by atoms with Crippen LogP contribution < -0.4 is 34.9 Å². The molecule has 446 valence electrons. The van der Waals surface area contributed by atoms with Gasteiger partial charge in [-0.1, -0.05) is 128 Å². The number of aromatic nitrogens is 3. The number of rotatable bonds is 11. The fourth-order valence-corrected chi connectivity index (χ4v) is 12.2. The zero-order valence-electron chi connectivity index (χ0n) is 50.4. The van der Waals surface area contributed by atoms with Gasteiger partial charge >= 0.3 is 41.5 Å². The number of aromatic amines is 1. The normalized spacial score (nSPS) is 16.2. The van der Waals surface area contributed by atoms with E-state index in [-0.39, 0.29) is 63.7 Å². The van der Waals surface area contributed by atoms with Gasteiger partial charge < -0.3 is 35.2 Å². The second kappa shape index (κ2) is 33.8. The molecule has 2 N–H and O–H groups in total. The number of benzene rings is 6. The predicted octanol–water partition coefficient (Wildman–Crippen LogP) is 11.1.